The number of nitrogens with one attached hydrogen (secondary N) is 2. The van der Waals surface area contributed by atoms with Gasteiger partial charge in [0, 0.05) is 13.0 Å². The van der Waals surface area contributed by atoms with Crippen molar-refractivity contribution in [3.05, 3.63) is 29.6 Å². The first-order valence-corrected chi connectivity index (χ1v) is 12.6. The van der Waals surface area contributed by atoms with E-state index in [9.17, 15) is 17.6 Å². The molecule has 1 aliphatic heterocycles. The molecule has 1 aromatic rings. The van der Waals surface area contributed by atoms with Crippen molar-refractivity contribution in [1.82, 2.24) is 5.32 Å². The largest absolute Gasteiger partial charge is 0.388 e. The van der Waals surface area contributed by atoms with E-state index in [0.29, 0.717) is 29.0 Å². The molecule has 0 aromatic heterocycles. The van der Waals surface area contributed by atoms with Crippen LogP contribution in [0.15, 0.2) is 23.4 Å². The molecule has 1 amide bonds. The Kier molecular flexibility index (Phi) is 6.64. The molecule has 9 heteroatoms. The number of rotatable bonds is 7. The zero-order valence-electron chi connectivity index (χ0n) is 18.6. The van der Waals surface area contributed by atoms with Gasteiger partial charge in [0.2, 0.25) is 10.0 Å². The molecular weight excluding hydrogens is 421 g/mol. The summed E-state index contributed by atoms with van der Waals surface area (Å²) in [7, 11) is -3.57. The van der Waals surface area contributed by atoms with Crippen LogP contribution in [0.5, 0.6) is 0 Å². The maximum atomic E-state index is 14.1. The van der Waals surface area contributed by atoms with E-state index in [0.717, 1.165) is 38.4 Å². The first-order chi connectivity index (χ1) is 14.4. The van der Waals surface area contributed by atoms with E-state index in [1.807, 2.05) is 0 Å². The Morgan fingerprint density at radius 2 is 2.00 bits per heavy atom. The van der Waals surface area contributed by atoms with Gasteiger partial charge in [-0.2, -0.15) is 0 Å². The van der Waals surface area contributed by atoms with Crippen LogP contribution in [-0.4, -0.2) is 31.9 Å². The fourth-order valence-electron chi connectivity index (χ4n) is 4.36. The number of sulfonamides is 1. The number of oxime groups is 1. The van der Waals surface area contributed by atoms with Crippen molar-refractivity contribution in [2.24, 2.45) is 16.5 Å². The molecule has 31 heavy (non-hydrogen) atoms. The maximum Gasteiger partial charge on any atom is 0.269 e. The highest BCUT2D eigenvalue weighted by atomic mass is 32.2. The zero-order valence-corrected chi connectivity index (χ0v) is 19.4. The van der Waals surface area contributed by atoms with E-state index in [4.69, 9.17) is 4.84 Å². The predicted octanol–water partition coefficient (Wildman–Crippen LogP) is 3.95. The molecule has 0 radical (unpaired) electrons. The van der Waals surface area contributed by atoms with Crippen molar-refractivity contribution in [3.8, 4) is 0 Å². The summed E-state index contributed by atoms with van der Waals surface area (Å²) >= 11 is 0. The minimum absolute atomic E-state index is 0.105. The second-order valence-electron chi connectivity index (χ2n) is 9.48. The maximum absolute atomic E-state index is 14.1. The Bertz CT molecular complexity index is 967. The molecule has 0 atom stereocenters. The average molecular weight is 454 g/mol. The van der Waals surface area contributed by atoms with Gasteiger partial charge < -0.3 is 10.2 Å². The molecule has 1 spiro atoms. The van der Waals surface area contributed by atoms with Crippen LogP contribution in [0.4, 0.5) is 10.1 Å². The van der Waals surface area contributed by atoms with Gasteiger partial charge in [-0.05, 0) is 54.7 Å². The van der Waals surface area contributed by atoms with Crippen molar-refractivity contribution in [3.63, 3.8) is 0 Å². The smallest absolute Gasteiger partial charge is 0.269 e. The Morgan fingerprint density at radius 1 is 1.32 bits per heavy atom. The molecule has 7 nitrogen and oxygen atoms in total. The number of nitrogens with zero attached hydrogens (tertiary/aromatic N) is 1. The third kappa shape index (κ3) is 5.75. The van der Waals surface area contributed by atoms with Crippen LogP contribution >= 0.6 is 0 Å². The number of carbonyl (C=O) groups is 1. The highest BCUT2D eigenvalue weighted by Crippen LogP contribution is 2.47. The Morgan fingerprint density at radius 3 is 2.58 bits per heavy atom. The van der Waals surface area contributed by atoms with Crippen molar-refractivity contribution in [1.29, 1.82) is 0 Å². The highest BCUT2D eigenvalue weighted by Gasteiger charge is 2.46. The molecule has 1 aromatic carbocycles. The van der Waals surface area contributed by atoms with Crippen LogP contribution in [0.25, 0.3) is 0 Å². The molecule has 1 aliphatic carbocycles. The molecule has 2 aliphatic rings. The van der Waals surface area contributed by atoms with Gasteiger partial charge in [-0.1, -0.05) is 38.4 Å². The molecule has 0 unspecified atom stereocenters. The van der Waals surface area contributed by atoms with E-state index >= 15 is 0 Å². The van der Waals surface area contributed by atoms with Gasteiger partial charge in [-0.15, -0.1) is 0 Å². The van der Waals surface area contributed by atoms with Crippen molar-refractivity contribution >= 4 is 27.3 Å². The van der Waals surface area contributed by atoms with Gasteiger partial charge in [0.25, 0.3) is 5.91 Å². The Labute approximate surface area is 183 Å². The van der Waals surface area contributed by atoms with Crippen LogP contribution in [0.1, 0.15) is 64.9 Å². The third-order valence-electron chi connectivity index (χ3n) is 6.80. The monoisotopic (exact) mass is 453 g/mol. The molecule has 0 saturated heterocycles. The average Bonchev–Trinajstić information content (AvgIpc) is 3.11. The number of hydrogen-bond acceptors (Lipinski definition) is 5. The second-order valence-corrected chi connectivity index (χ2v) is 11.2. The van der Waals surface area contributed by atoms with Gasteiger partial charge in [-0.25, -0.2) is 12.8 Å². The topological polar surface area (TPSA) is 96.9 Å². The first-order valence-electron chi connectivity index (χ1n) is 10.7. The first kappa shape index (κ1) is 23.5. The van der Waals surface area contributed by atoms with Crippen LogP contribution in [0.3, 0.4) is 0 Å². The lowest BCUT2D eigenvalue weighted by Gasteiger charge is -2.41. The van der Waals surface area contributed by atoms with E-state index in [1.165, 1.54) is 12.1 Å². The summed E-state index contributed by atoms with van der Waals surface area (Å²) in [5.41, 5.74) is 0.682. The van der Waals surface area contributed by atoms with Crippen LogP contribution < -0.4 is 10.0 Å². The minimum atomic E-state index is -3.57. The van der Waals surface area contributed by atoms with Crippen LogP contribution in [0, 0.1) is 17.2 Å². The van der Waals surface area contributed by atoms with Crippen LogP contribution in [0.2, 0.25) is 0 Å². The Balaban J connectivity index is 1.52. The number of halogens is 1. The van der Waals surface area contributed by atoms with E-state index in [1.54, 1.807) is 6.07 Å². The van der Waals surface area contributed by atoms with Crippen LogP contribution in [-0.2, 0) is 26.2 Å². The second kappa shape index (κ2) is 8.76. The van der Waals surface area contributed by atoms with Crippen molar-refractivity contribution < 1.29 is 22.4 Å². The Hall–Kier alpha value is -2.16. The van der Waals surface area contributed by atoms with E-state index in [-0.39, 0.29) is 23.7 Å². The van der Waals surface area contributed by atoms with Gasteiger partial charge >= 0.3 is 0 Å². The summed E-state index contributed by atoms with van der Waals surface area (Å²) in [6, 6.07) is 4.08. The molecule has 0 bridgehead atoms. The standard InChI is InChI=1S/C22H32FN3O4S/c1-5-21(2,3)16-8-10-22(11-9-16)13-19(25-30-22)20(27)24-14-15-6-7-18(17(23)12-15)26-31(4,28)29/h6-7,12,16,26H,5,8-11,13-14H2,1-4H3,(H,24,27). The molecule has 3 rings (SSSR count). The highest BCUT2D eigenvalue weighted by molar-refractivity contribution is 7.92. The summed E-state index contributed by atoms with van der Waals surface area (Å²) < 4.78 is 38.7. The number of hydrogen-bond donors (Lipinski definition) is 2. The zero-order chi connectivity index (χ0) is 22.9. The number of benzene rings is 1. The van der Waals surface area contributed by atoms with Gasteiger partial charge in [0.1, 0.15) is 17.1 Å². The summed E-state index contributed by atoms with van der Waals surface area (Å²) in [4.78, 5) is 18.3. The molecule has 1 heterocycles. The van der Waals surface area contributed by atoms with Crippen molar-refractivity contribution in [2.45, 2.75) is 71.4 Å². The number of anilines is 1. The number of amides is 1. The molecular formula is C22H32FN3O4S. The fraction of sp³-hybridized carbons (Fsp3) is 0.636. The predicted molar refractivity (Wildman–Crippen MR) is 119 cm³/mol. The third-order valence-corrected chi connectivity index (χ3v) is 7.39. The fourth-order valence-corrected chi connectivity index (χ4v) is 4.93. The normalized spacial score (nSPS) is 23.9. The SMILES string of the molecule is CCC(C)(C)C1CCC2(CC1)CC(C(=O)NCc1ccc(NS(C)(=O)=O)c(F)c1)=NO2. The van der Waals surface area contributed by atoms with E-state index < -0.39 is 15.8 Å². The lowest BCUT2D eigenvalue weighted by molar-refractivity contribution is -0.115. The van der Waals surface area contributed by atoms with Gasteiger partial charge in [0.15, 0.2) is 0 Å². The van der Waals surface area contributed by atoms with E-state index in [2.05, 4.69) is 36.0 Å². The summed E-state index contributed by atoms with van der Waals surface area (Å²) in [5, 5.41) is 6.80. The number of carbonyl (C=O) groups excluding carboxylic acids is 1. The molecule has 1 fully saturated rings. The van der Waals surface area contributed by atoms with Gasteiger partial charge in [-0.3, -0.25) is 9.52 Å². The molecule has 2 N–H and O–H groups in total. The quantitative estimate of drug-likeness (QED) is 0.653. The summed E-state index contributed by atoms with van der Waals surface area (Å²) in [5.74, 6) is -0.379. The summed E-state index contributed by atoms with van der Waals surface area (Å²) in [6.45, 7) is 6.96. The lowest BCUT2D eigenvalue weighted by Crippen LogP contribution is -2.40. The molecule has 172 valence electrons. The summed E-state index contributed by atoms with van der Waals surface area (Å²) in [6.07, 6.45) is 6.50. The lowest BCUT2D eigenvalue weighted by atomic mass is 9.66. The molecule has 1 saturated carbocycles. The van der Waals surface area contributed by atoms with Gasteiger partial charge in [0.05, 0.1) is 11.9 Å². The minimum Gasteiger partial charge on any atom is -0.388 e. The van der Waals surface area contributed by atoms with Crippen molar-refractivity contribution in [2.75, 3.05) is 11.0 Å².